The molecule has 0 aromatic rings. The smallest absolute Gasteiger partial charge is 0.202 e. The number of ketones is 2. The van der Waals surface area contributed by atoms with E-state index in [4.69, 9.17) is 0 Å². The van der Waals surface area contributed by atoms with Crippen LogP contribution >= 0.6 is 0 Å². The van der Waals surface area contributed by atoms with Gasteiger partial charge in [0, 0.05) is 11.8 Å². The predicted octanol–water partition coefficient (Wildman–Crippen LogP) is 3.24. The van der Waals surface area contributed by atoms with Crippen LogP contribution in [0.15, 0.2) is 0 Å². The first-order valence-electron chi connectivity index (χ1n) is 8.28. The third-order valence-corrected chi connectivity index (χ3v) is 6.98. The molecule has 0 aliphatic heterocycles. The number of carbonyl (C=O) groups is 2. The summed E-state index contributed by atoms with van der Waals surface area (Å²) in [7, 11) is 0. The monoisotopic (exact) mass is 260 g/mol. The minimum absolute atomic E-state index is 0.00481. The zero-order valence-electron chi connectivity index (χ0n) is 11.8. The lowest BCUT2D eigenvalue weighted by molar-refractivity contribution is -0.138. The van der Waals surface area contributed by atoms with E-state index in [1.807, 2.05) is 0 Å². The van der Waals surface area contributed by atoms with Crippen molar-refractivity contribution < 1.29 is 9.59 Å². The summed E-state index contributed by atoms with van der Waals surface area (Å²) in [6, 6.07) is 0. The molecule has 7 unspecified atom stereocenters. The van der Waals surface area contributed by atoms with Crippen LogP contribution < -0.4 is 0 Å². The van der Waals surface area contributed by atoms with Crippen LogP contribution in [-0.2, 0) is 9.59 Å². The van der Waals surface area contributed by atoms with E-state index in [-0.39, 0.29) is 23.4 Å². The largest absolute Gasteiger partial charge is 0.291 e. The first kappa shape index (κ1) is 12.1. The van der Waals surface area contributed by atoms with Gasteiger partial charge < -0.3 is 0 Å². The SMILES string of the molecule is CC1C2CCCCC2C2CCCC3C(=O)C(=O)C1C32. The Morgan fingerprint density at radius 2 is 1.47 bits per heavy atom. The van der Waals surface area contributed by atoms with Crippen LogP contribution in [-0.4, -0.2) is 11.6 Å². The summed E-state index contributed by atoms with van der Waals surface area (Å²) in [6.07, 6.45) is 8.82. The van der Waals surface area contributed by atoms with Crippen molar-refractivity contribution in [3.8, 4) is 0 Å². The van der Waals surface area contributed by atoms with E-state index in [1.165, 1.54) is 38.5 Å². The molecule has 0 radical (unpaired) electrons. The summed E-state index contributed by atoms with van der Waals surface area (Å²) >= 11 is 0. The fraction of sp³-hybridized carbons (Fsp3) is 0.882. The Bertz CT molecular complexity index is 427. The summed E-state index contributed by atoms with van der Waals surface area (Å²) in [5.74, 6) is 3.38. The number of carbonyl (C=O) groups excluding carboxylic acids is 2. The van der Waals surface area contributed by atoms with Crippen molar-refractivity contribution in [2.75, 3.05) is 0 Å². The highest BCUT2D eigenvalue weighted by molar-refractivity contribution is 6.41. The van der Waals surface area contributed by atoms with Crippen molar-refractivity contribution in [2.45, 2.75) is 51.9 Å². The topological polar surface area (TPSA) is 34.1 Å². The Hall–Kier alpha value is -0.660. The standard InChI is InChI=1S/C17H24O2/c1-9-10-5-2-3-6-11(10)12-7-4-8-13-15(12)14(9)17(19)16(13)18/h9-15H,2-8H2,1H3. The van der Waals surface area contributed by atoms with Gasteiger partial charge in [-0.25, -0.2) is 0 Å². The quantitative estimate of drug-likeness (QED) is 0.627. The van der Waals surface area contributed by atoms with E-state index in [0.717, 1.165) is 18.3 Å². The van der Waals surface area contributed by atoms with Gasteiger partial charge in [0.05, 0.1) is 0 Å². The van der Waals surface area contributed by atoms with E-state index in [2.05, 4.69) is 6.92 Å². The lowest BCUT2D eigenvalue weighted by Crippen LogP contribution is -2.48. The highest BCUT2D eigenvalue weighted by atomic mass is 16.2. The molecule has 19 heavy (non-hydrogen) atoms. The van der Waals surface area contributed by atoms with Gasteiger partial charge in [0.2, 0.25) is 11.6 Å². The molecule has 4 rings (SSSR count). The normalized spacial score (nSPS) is 52.8. The van der Waals surface area contributed by atoms with Crippen LogP contribution in [0.4, 0.5) is 0 Å². The molecule has 104 valence electrons. The van der Waals surface area contributed by atoms with Crippen molar-refractivity contribution in [3.05, 3.63) is 0 Å². The second-order valence-electron chi connectivity index (χ2n) is 7.50. The van der Waals surface area contributed by atoms with Crippen LogP contribution in [0.1, 0.15) is 51.9 Å². The second-order valence-corrected chi connectivity index (χ2v) is 7.50. The van der Waals surface area contributed by atoms with Crippen LogP contribution in [0.25, 0.3) is 0 Å². The summed E-state index contributed by atoms with van der Waals surface area (Å²) in [5.41, 5.74) is 0. The molecule has 0 amide bonds. The second kappa shape index (κ2) is 4.17. The first-order valence-corrected chi connectivity index (χ1v) is 8.28. The molecule has 0 N–H and O–H groups in total. The van der Waals surface area contributed by atoms with Gasteiger partial charge in [-0.15, -0.1) is 0 Å². The molecule has 0 saturated heterocycles. The zero-order chi connectivity index (χ0) is 13.1. The molecular formula is C17H24O2. The molecule has 4 fully saturated rings. The molecule has 2 nitrogen and oxygen atoms in total. The number of rotatable bonds is 0. The molecule has 0 aromatic heterocycles. The minimum Gasteiger partial charge on any atom is -0.291 e. The highest BCUT2D eigenvalue weighted by Gasteiger charge is 2.61. The Morgan fingerprint density at radius 1 is 0.789 bits per heavy atom. The average Bonchev–Trinajstić information content (AvgIpc) is 2.70. The molecule has 0 spiro atoms. The Balaban J connectivity index is 1.76. The van der Waals surface area contributed by atoms with Crippen molar-refractivity contribution in [2.24, 2.45) is 41.4 Å². The lowest BCUT2D eigenvalue weighted by Gasteiger charge is -2.53. The predicted molar refractivity (Wildman–Crippen MR) is 72.4 cm³/mol. The number of hydrogen-bond acceptors (Lipinski definition) is 2. The van der Waals surface area contributed by atoms with Crippen LogP contribution in [0.5, 0.6) is 0 Å². The van der Waals surface area contributed by atoms with Crippen molar-refractivity contribution in [3.63, 3.8) is 0 Å². The Morgan fingerprint density at radius 3 is 2.26 bits per heavy atom. The van der Waals surface area contributed by atoms with Crippen molar-refractivity contribution in [1.82, 2.24) is 0 Å². The number of Topliss-reactive ketones (excluding diaryl/α,β-unsaturated/α-hetero) is 2. The van der Waals surface area contributed by atoms with E-state index in [9.17, 15) is 9.59 Å². The van der Waals surface area contributed by atoms with E-state index in [1.54, 1.807) is 0 Å². The fourth-order valence-electron chi connectivity index (χ4n) is 6.33. The maximum atomic E-state index is 12.4. The van der Waals surface area contributed by atoms with Gasteiger partial charge in [-0.2, -0.15) is 0 Å². The van der Waals surface area contributed by atoms with Gasteiger partial charge in [0.1, 0.15) is 0 Å². The van der Waals surface area contributed by atoms with Gasteiger partial charge in [0.15, 0.2) is 0 Å². The molecule has 4 aliphatic rings. The van der Waals surface area contributed by atoms with Crippen LogP contribution in [0.3, 0.4) is 0 Å². The summed E-state index contributed by atoms with van der Waals surface area (Å²) in [5, 5.41) is 0. The summed E-state index contributed by atoms with van der Waals surface area (Å²) < 4.78 is 0. The van der Waals surface area contributed by atoms with E-state index < -0.39 is 0 Å². The lowest BCUT2D eigenvalue weighted by atomic mass is 9.51. The van der Waals surface area contributed by atoms with Crippen molar-refractivity contribution in [1.29, 1.82) is 0 Å². The third-order valence-electron chi connectivity index (χ3n) is 6.98. The zero-order valence-corrected chi connectivity index (χ0v) is 11.8. The molecule has 4 aliphatic carbocycles. The molecule has 7 atom stereocenters. The maximum absolute atomic E-state index is 12.4. The molecule has 4 saturated carbocycles. The van der Waals surface area contributed by atoms with Gasteiger partial charge in [-0.1, -0.05) is 26.2 Å². The average molecular weight is 260 g/mol. The molecule has 0 aromatic carbocycles. The minimum atomic E-state index is 0.00481. The van der Waals surface area contributed by atoms with Gasteiger partial charge in [-0.05, 0) is 55.3 Å². The van der Waals surface area contributed by atoms with Crippen LogP contribution in [0.2, 0.25) is 0 Å². The molecular weight excluding hydrogens is 236 g/mol. The fourth-order valence-corrected chi connectivity index (χ4v) is 6.33. The highest BCUT2D eigenvalue weighted by Crippen LogP contribution is 2.60. The number of hydrogen-bond donors (Lipinski definition) is 0. The van der Waals surface area contributed by atoms with Crippen molar-refractivity contribution >= 4 is 11.6 Å². The third kappa shape index (κ3) is 1.49. The molecule has 0 heterocycles. The first-order chi connectivity index (χ1) is 9.20. The Labute approximate surface area is 115 Å². The number of fused-ring (bicyclic) bond motifs is 2. The van der Waals surface area contributed by atoms with Crippen LogP contribution in [0, 0.1) is 41.4 Å². The summed E-state index contributed by atoms with van der Waals surface area (Å²) in [4.78, 5) is 24.7. The van der Waals surface area contributed by atoms with E-state index in [0.29, 0.717) is 17.8 Å². The molecule has 0 bridgehead atoms. The van der Waals surface area contributed by atoms with Gasteiger partial charge in [-0.3, -0.25) is 9.59 Å². The van der Waals surface area contributed by atoms with Gasteiger partial charge in [0.25, 0.3) is 0 Å². The van der Waals surface area contributed by atoms with Gasteiger partial charge >= 0.3 is 0 Å². The van der Waals surface area contributed by atoms with E-state index >= 15 is 0 Å². The Kier molecular flexibility index (Phi) is 2.65. The maximum Gasteiger partial charge on any atom is 0.202 e. The molecule has 2 heteroatoms. The summed E-state index contributed by atoms with van der Waals surface area (Å²) in [6.45, 7) is 2.27.